The van der Waals surface area contributed by atoms with E-state index in [1.807, 2.05) is 0 Å². The van der Waals surface area contributed by atoms with Crippen molar-refractivity contribution in [3.05, 3.63) is 0 Å². The molecule has 7 nitrogen and oxygen atoms in total. The second-order valence-corrected chi connectivity index (χ2v) is 3.44. The first-order valence-corrected chi connectivity index (χ1v) is 4.79. The van der Waals surface area contributed by atoms with E-state index in [0.717, 1.165) is 0 Å². The number of hydrogen-bond acceptors (Lipinski definition) is 4. The molecule has 0 aliphatic carbocycles. The lowest BCUT2D eigenvalue weighted by atomic mass is 10.7. The van der Waals surface area contributed by atoms with Gasteiger partial charge in [0.15, 0.2) is 0 Å². The minimum Gasteiger partial charge on any atom is -0.481 e. The number of carbonyl (C=O) groups is 1. The maximum Gasteiger partial charge on any atom is 0.336 e. The van der Waals surface area contributed by atoms with Gasteiger partial charge in [-0.05, 0) is 0 Å². The molecule has 0 aromatic heterocycles. The minimum absolute atomic E-state index is 0.597. The molecule has 0 aromatic carbocycles. The van der Waals surface area contributed by atoms with Crippen molar-refractivity contribution in [2.75, 3.05) is 19.3 Å². The highest BCUT2D eigenvalue weighted by Gasteiger charge is 2.17. The van der Waals surface area contributed by atoms with Crippen molar-refractivity contribution in [3.8, 4) is 0 Å². The van der Waals surface area contributed by atoms with Crippen LogP contribution in [-0.2, 0) is 9.36 Å². The summed E-state index contributed by atoms with van der Waals surface area (Å²) in [6.07, 6.45) is -1.09. The Morgan fingerprint density at radius 2 is 1.58 bits per heavy atom. The molecule has 0 aliphatic rings. The number of carboxylic acid groups (broad SMARTS) is 1. The van der Waals surface area contributed by atoms with E-state index in [2.05, 4.69) is 0 Å². The predicted molar refractivity (Wildman–Crippen MR) is 42.7 cm³/mol. The van der Waals surface area contributed by atoms with Gasteiger partial charge in [-0.25, -0.2) is 0 Å². The third-order valence-electron chi connectivity index (χ3n) is 0.508. The molecule has 12 heavy (non-hydrogen) atoms. The van der Waals surface area contributed by atoms with Gasteiger partial charge in [0.1, 0.15) is 6.16 Å². The predicted octanol–water partition coefficient (Wildman–Crippen LogP) is -1.85. The molecule has 0 saturated carbocycles. The number of rotatable bonds is 3. The first-order valence-electron chi connectivity index (χ1n) is 3.00. The molecule has 0 heterocycles. The van der Waals surface area contributed by atoms with E-state index >= 15 is 0 Å². The molecule has 0 aliphatic heterocycles. The topological polar surface area (TPSA) is 147 Å². The van der Waals surface area contributed by atoms with E-state index in [4.69, 9.17) is 26.4 Å². The number of carboxylic acids is 1. The van der Waals surface area contributed by atoms with Crippen LogP contribution in [0, 0.1) is 0 Å². The Morgan fingerprint density at radius 1 is 1.25 bits per heavy atom. The van der Waals surface area contributed by atoms with Gasteiger partial charge in [0, 0.05) is 13.1 Å². The molecule has 0 aromatic rings. The zero-order valence-corrected chi connectivity index (χ0v) is 7.28. The fourth-order valence-corrected chi connectivity index (χ4v) is 0.529. The van der Waals surface area contributed by atoms with Gasteiger partial charge in [0.25, 0.3) is 0 Å². The molecular weight excluding hydrogens is 187 g/mol. The van der Waals surface area contributed by atoms with E-state index in [1.54, 1.807) is 0 Å². The lowest BCUT2D eigenvalue weighted by Crippen LogP contribution is -2.11. The molecule has 0 fully saturated rings. The van der Waals surface area contributed by atoms with Gasteiger partial charge < -0.3 is 26.4 Å². The summed E-state index contributed by atoms with van der Waals surface area (Å²) >= 11 is 0. The van der Waals surface area contributed by atoms with Gasteiger partial charge in [-0.2, -0.15) is 0 Å². The van der Waals surface area contributed by atoms with Crippen molar-refractivity contribution in [2.24, 2.45) is 11.5 Å². The Hall–Kier alpha value is -0.460. The molecule has 0 amide bonds. The smallest absolute Gasteiger partial charge is 0.336 e. The molecule has 0 atom stereocenters. The Balaban J connectivity index is 0. The van der Waals surface area contributed by atoms with Crippen LogP contribution in [0.3, 0.4) is 0 Å². The molecule has 0 spiro atoms. The normalized spacial score (nSPS) is 10.0. The van der Waals surface area contributed by atoms with Crippen molar-refractivity contribution in [1.29, 1.82) is 0 Å². The SMILES string of the molecule is NCCN.O=C(O)CP(=O)(O)O. The van der Waals surface area contributed by atoms with Crippen molar-refractivity contribution >= 4 is 13.6 Å². The second-order valence-electron chi connectivity index (χ2n) is 1.79. The third-order valence-corrected chi connectivity index (χ3v) is 1.19. The van der Waals surface area contributed by atoms with Crippen molar-refractivity contribution in [3.63, 3.8) is 0 Å². The molecule has 0 unspecified atom stereocenters. The van der Waals surface area contributed by atoms with Gasteiger partial charge in [0.2, 0.25) is 0 Å². The first-order chi connectivity index (χ1) is 5.33. The van der Waals surface area contributed by atoms with Crippen molar-refractivity contribution in [1.82, 2.24) is 0 Å². The molecule has 0 rings (SSSR count). The third kappa shape index (κ3) is 22.7. The lowest BCUT2D eigenvalue weighted by Gasteiger charge is -1.95. The summed E-state index contributed by atoms with van der Waals surface area (Å²) in [5.41, 5.74) is 9.81. The Bertz CT molecular complexity index is 165. The van der Waals surface area contributed by atoms with Crippen LogP contribution in [0.25, 0.3) is 0 Å². The summed E-state index contributed by atoms with van der Waals surface area (Å²) in [7, 11) is -4.32. The molecule has 8 heteroatoms. The molecular formula is C4H13N2O5P. The van der Waals surface area contributed by atoms with E-state index in [0.29, 0.717) is 13.1 Å². The van der Waals surface area contributed by atoms with Gasteiger partial charge in [0.05, 0.1) is 0 Å². The molecule has 7 N–H and O–H groups in total. The zero-order chi connectivity index (χ0) is 10.2. The largest absolute Gasteiger partial charge is 0.481 e. The summed E-state index contributed by atoms with van der Waals surface area (Å²) in [5, 5.41) is 7.76. The van der Waals surface area contributed by atoms with E-state index < -0.39 is 19.7 Å². The lowest BCUT2D eigenvalue weighted by molar-refractivity contribution is -0.134. The van der Waals surface area contributed by atoms with Gasteiger partial charge in [-0.15, -0.1) is 0 Å². The van der Waals surface area contributed by atoms with Crippen LogP contribution in [0.1, 0.15) is 0 Å². The maximum absolute atomic E-state index is 9.76. The number of aliphatic carboxylic acids is 1. The van der Waals surface area contributed by atoms with E-state index in [9.17, 15) is 9.36 Å². The zero-order valence-electron chi connectivity index (χ0n) is 6.38. The monoisotopic (exact) mass is 200 g/mol. The Labute approximate surface area is 69.5 Å². The van der Waals surface area contributed by atoms with E-state index in [-0.39, 0.29) is 0 Å². The highest BCUT2D eigenvalue weighted by molar-refractivity contribution is 7.52. The van der Waals surface area contributed by atoms with Crippen LogP contribution in [-0.4, -0.2) is 40.1 Å². The second kappa shape index (κ2) is 7.20. The maximum atomic E-state index is 9.76. The molecule has 0 bridgehead atoms. The Kier molecular flexibility index (Phi) is 8.46. The van der Waals surface area contributed by atoms with E-state index in [1.165, 1.54) is 0 Å². The summed E-state index contributed by atoms with van der Waals surface area (Å²) < 4.78 is 9.76. The quantitative estimate of drug-likeness (QED) is 0.336. The number of hydrogen-bond donors (Lipinski definition) is 5. The fraction of sp³-hybridized carbons (Fsp3) is 0.750. The highest BCUT2D eigenvalue weighted by Crippen LogP contribution is 2.33. The summed E-state index contributed by atoms with van der Waals surface area (Å²) in [4.78, 5) is 25.4. The summed E-state index contributed by atoms with van der Waals surface area (Å²) in [5.74, 6) is -1.49. The highest BCUT2D eigenvalue weighted by atomic mass is 31.2. The van der Waals surface area contributed by atoms with Crippen LogP contribution in [0.15, 0.2) is 0 Å². The van der Waals surface area contributed by atoms with Crippen molar-refractivity contribution in [2.45, 2.75) is 0 Å². The molecule has 0 radical (unpaired) electrons. The average molecular weight is 200 g/mol. The standard InChI is InChI=1S/C2H8N2.C2H5O5P/c3-1-2-4;3-2(4)1-8(5,6)7/h1-4H2;1H2,(H,3,4)(H2,5,6,7). The fourth-order valence-electron chi connectivity index (χ4n) is 0.176. The minimum atomic E-state index is -4.32. The van der Waals surface area contributed by atoms with Crippen LogP contribution in [0.2, 0.25) is 0 Å². The van der Waals surface area contributed by atoms with Crippen LogP contribution in [0.4, 0.5) is 0 Å². The molecule has 74 valence electrons. The first kappa shape index (κ1) is 14.1. The van der Waals surface area contributed by atoms with Gasteiger partial charge in [-0.3, -0.25) is 9.36 Å². The Morgan fingerprint density at radius 3 is 1.58 bits per heavy atom. The van der Waals surface area contributed by atoms with Gasteiger partial charge >= 0.3 is 13.6 Å². The van der Waals surface area contributed by atoms with Crippen molar-refractivity contribution < 1.29 is 24.3 Å². The van der Waals surface area contributed by atoms with Crippen LogP contribution < -0.4 is 11.5 Å². The van der Waals surface area contributed by atoms with Crippen LogP contribution >= 0.6 is 7.60 Å². The summed E-state index contributed by atoms with van der Waals surface area (Å²) in [6.45, 7) is 1.19. The molecule has 0 saturated heterocycles. The average Bonchev–Trinajstić information content (AvgIpc) is 1.83. The summed E-state index contributed by atoms with van der Waals surface area (Å²) in [6, 6.07) is 0. The van der Waals surface area contributed by atoms with Crippen LogP contribution in [0.5, 0.6) is 0 Å². The van der Waals surface area contributed by atoms with Gasteiger partial charge in [-0.1, -0.05) is 0 Å². The number of nitrogens with two attached hydrogens (primary N) is 2.